The number of hydrogen-bond acceptors (Lipinski definition) is 4. The van der Waals surface area contributed by atoms with Crippen LogP contribution >= 0.6 is 0 Å². The van der Waals surface area contributed by atoms with Gasteiger partial charge in [0.1, 0.15) is 12.1 Å². The van der Waals surface area contributed by atoms with Crippen LogP contribution in [0, 0.1) is 6.92 Å². The first-order valence-corrected chi connectivity index (χ1v) is 7.01. The minimum Gasteiger partial charge on any atom is -0.366 e. The van der Waals surface area contributed by atoms with Gasteiger partial charge in [0.15, 0.2) is 5.65 Å². The molecule has 3 rings (SSSR count). The van der Waals surface area contributed by atoms with E-state index in [4.69, 9.17) is 0 Å². The fourth-order valence-corrected chi connectivity index (χ4v) is 2.81. The lowest BCUT2D eigenvalue weighted by atomic mass is 10.2. The summed E-state index contributed by atoms with van der Waals surface area (Å²) < 4.78 is 1.87. The zero-order chi connectivity index (χ0) is 13.2. The van der Waals surface area contributed by atoms with Gasteiger partial charge in [-0.05, 0) is 57.5 Å². The van der Waals surface area contributed by atoms with E-state index in [1.54, 1.807) is 6.33 Å². The number of aromatic nitrogens is 3. The molecule has 1 saturated heterocycles. The van der Waals surface area contributed by atoms with Gasteiger partial charge in [0.2, 0.25) is 0 Å². The Kier molecular flexibility index (Phi) is 3.38. The normalized spacial score (nSPS) is 18.0. The second-order valence-electron chi connectivity index (χ2n) is 5.50. The van der Waals surface area contributed by atoms with Gasteiger partial charge in [0.25, 0.3) is 0 Å². The third-order valence-electron chi connectivity index (χ3n) is 3.65. The maximum absolute atomic E-state index is 4.27. The van der Waals surface area contributed by atoms with E-state index in [1.165, 1.54) is 31.5 Å². The second kappa shape index (κ2) is 5.17. The summed E-state index contributed by atoms with van der Waals surface area (Å²) in [6, 6.07) is 4.58. The molecule has 1 atom stereocenters. The molecule has 1 aliphatic heterocycles. The summed E-state index contributed by atoms with van der Waals surface area (Å²) in [5.41, 5.74) is 2.10. The van der Waals surface area contributed by atoms with E-state index in [9.17, 15) is 0 Å². The predicted molar refractivity (Wildman–Crippen MR) is 76.5 cm³/mol. The largest absolute Gasteiger partial charge is 0.366 e. The molecule has 102 valence electrons. The molecular weight excluding hydrogens is 238 g/mol. The molecular formula is C14H21N5. The Morgan fingerprint density at radius 1 is 1.32 bits per heavy atom. The lowest BCUT2D eigenvalue weighted by Crippen LogP contribution is -2.33. The maximum Gasteiger partial charge on any atom is 0.157 e. The van der Waals surface area contributed by atoms with Gasteiger partial charge in [-0.15, -0.1) is 0 Å². The molecule has 1 aliphatic rings. The Balaban J connectivity index is 1.74. The first-order valence-electron chi connectivity index (χ1n) is 7.01. The smallest absolute Gasteiger partial charge is 0.157 e. The van der Waals surface area contributed by atoms with Crippen molar-refractivity contribution in [3.63, 3.8) is 0 Å². The summed E-state index contributed by atoms with van der Waals surface area (Å²) in [4.78, 5) is 6.77. The topological polar surface area (TPSA) is 45.5 Å². The summed E-state index contributed by atoms with van der Waals surface area (Å²) in [6.07, 6.45) is 4.28. The number of likely N-dealkylation sites (tertiary alicyclic amines) is 1. The molecule has 0 radical (unpaired) electrons. The molecule has 5 heteroatoms. The van der Waals surface area contributed by atoms with Crippen molar-refractivity contribution in [3.8, 4) is 0 Å². The molecule has 0 saturated carbocycles. The quantitative estimate of drug-likeness (QED) is 0.911. The van der Waals surface area contributed by atoms with E-state index in [-0.39, 0.29) is 0 Å². The number of nitrogens with one attached hydrogen (secondary N) is 1. The molecule has 1 fully saturated rings. The highest BCUT2D eigenvalue weighted by molar-refractivity contribution is 5.51. The molecule has 0 bridgehead atoms. The van der Waals surface area contributed by atoms with Crippen LogP contribution in [0.3, 0.4) is 0 Å². The number of nitrogens with zero attached hydrogens (tertiary/aromatic N) is 4. The number of hydrogen-bond donors (Lipinski definition) is 1. The van der Waals surface area contributed by atoms with Crippen molar-refractivity contribution in [2.24, 2.45) is 0 Å². The predicted octanol–water partition coefficient (Wildman–Crippen LogP) is 1.93. The number of anilines is 1. The SMILES string of the molecule is Cc1cc(NC(C)CN2CCCC2)n2ncnc2c1. The van der Waals surface area contributed by atoms with Crippen LogP contribution in [0.1, 0.15) is 25.3 Å². The lowest BCUT2D eigenvalue weighted by Gasteiger charge is -2.22. The van der Waals surface area contributed by atoms with Crippen LogP contribution in [-0.4, -0.2) is 45.2 Å². The molecule has 0 amide bonds. The molecule has 1 unspecified atom stereocenters. The van der Waals surface area contributed by atoms with Gasteiger partial charge in [0.05, 0.1) is 0 Å². The van der Waals surface area contributed by atoms with Crippen LogP contribution in [-0.2, 0) is 0 Å². The maximum atomic E-state index is 4.27. The molecule has 1 N–H and O–H groups in total. The number of pyridine rings is 1. The molecule has 0 aliphatic carbocycles. The molecule has 2 aromatic rings. The zero-order valence-corrected chi connectivity index (χ0v) is 11.6. The van der Waals surface area contributed by atoms with E-state index in [1.807, 2.05) is 10.6 Å². The first kappa shape index (κ1) is 12.4. The summed E-state index contributed by atoms with van der Waals surface area (Å²) in [5.74, 6) is 1.03. The van der Waals surface area contributed by atoms with Crippen LogP contribution in [0.25, 0.3) is 5.65 Å². The van der Waals surface area contributed by atoms with Gasteiger partial charge in [-0.3, -0.25) is 0 Å². The standard InChI is InChI=1S/C14H21N5/c1-11-7-13-15-10-16-19(13)14(8-11)17-12(2)9-18-5-3-4-6-18/h7-8,10,12,17H,3-6,9H2,1-2H3. The Hall–Kier alpha value is -1.62. The Bertz CT molecular complexity index is 556. The summed E-state index contributed by atoms with van der Waals surface area (Å²) in [5, 5.41) is 7.83. The highest BCUT2D eigenvalue weighted by Gasteiger charge is 2.15. The second-order valence-corrected chi connectivity index (χ2v) is 5.50. The Morgan fingerprint density at radius 2 is 2.11 bits per heavy atom. The van der Waals surface area contributed by atoms with Crippen LogP contribution in [0.15, 0.2) is 18.5 Å². The Morgan fingerprint density at radius 3 is 2.89 bits per heavy atom. The minimum absolute atomic E-state index is 0.410. The van der Waals surface area contributed by atoms with Crippen molar-refractivity contribution in [2.45, 2.75) is 32.7 Å². The minimum atomic E-state index is 0.410. The first-order chi connectivity index (χ1) is 9.22. The summed E-state index contributed by atoms with van der Waals surface area (Å²) in [6.45, 7) is 7.87. The molecule has 2 aromatic heterocycles. The van der Waals surface area contributed by atoms with Gasteiger partial charge in [-0.2, -0.15) is 9.61 Å². The van der Waals surface area contributed by atoms with Crippen molar-refractivity contribution in [1.82, 2.24) is 19.5 Å². The van der Waals surface area contributed by atoms with E-state index >= 15 is 0 Å². The van der Waals surface area contributed by atoms with Gasteiger partial charge in [-0.25, -0.2) is 4.98 Å². The number of rotatable bonds is 4. The average Bonchev–Trinajstić information content (AvgIpc) is 2.99. The monoisotopic (exact) mass is 259 g/mol. The third kappa shape index (κ3) is 2.71. The molecule has 19 heavy (non-hydrogen) atoms. The molecule has 0 aromatic carbocycles. The van der Waals surface area contributed by atoms with E-state index in [2.05, 4.69) is 40.2 Å². The molecule has 3 heterocycles. The molecule has 0 spiro atoms. The third-order valence-corrected chi connectivity index (χ3v) is 3.65. The van der Waals surface area contributed by atoms with Crippen LogP contribution in [0.2, 0.25) is 0 Å². The van der Waals surface area contributed by atoms with Crippen LogP contribution in [0.5, 0.6) is 0 Å². The summed E-state index contributed by atoms with van der Waals surface area (Å²) in [7, 11) is 0. The van der Waals surface area contributed by atoms with Crippen LogP contribution < -0.4 is 5.32 Å². The highest BCUT2D eigenvalue weighted by Crippen LogP contribution is 2.15. The lowest BCUT2D eigenvalue weighted by molar-refractivity contribution is 0.327. The van der Waals surface area contributed by atoms with Gasteiger partial charge < -0.3 is 10.2 Å². The van der Waals surface area contributed by atoms with E-state index in [0.29, 0.717) is 6.04 Å². The fourth-order valence-electron chi connectivity index (χ4n) is 2.81. The Labute approximate surface area is 113 Å². The van der Waals surface area contributed by atoms with E-state index < -0.39 is 0 Å². The summed E-state index contributed by atoms with van der Waals surface area (Å²) >= 11 is 0. The highest BCUT2D eigenvalue weighted by atomic mass is 15.3. The van der Waals surface area contributed by atoms with Crippen molar-refractivity contribution < 1.29 is 0 Å². The van der Waals surface area contributed by atoms with Gasteiger partial charge in [0, 0.05) is 12.6 Å². The average molecular weight is 259 g/mol. The molecule has 5 nitrogen and oxygen atoms in total. The van der Waals surface area contributed by atoms with Crippen LogP contribution in [0.4, 0.5) is 5.82 Å². The van der Waals surface area contributed by atoms with Crippen molar-refractivity contribution in [2.75, 3.05) is 25.0 Å². The zero-order valence-electron chi connectivity index (χ0n) is 11.6. The van der Waals surface area contributed by atoms with Crippen molar-refractivity contribution >= 4 is 11.5 Å². The van der Waals surface area contributed by atoms with Crippen molar-refractivity contribution in [1.29, 1.82) is 0 Å². The van der Waals surface area contributed by atoms with Gasteiger partial charge >= 0.3 is 0 Å². The van der Waals surface area contributed by atoms with Gasteiger partial charge in [-0.1, -0.05) is 0 Å². The number of fused-ring (bicyclic) bond motifs is 1. The number of aryl methyl sites for hydroxylation is 1. The van der Waals surface area contributed by atoms with Crippen molar-refractivity contribution in [3.05, 3.63) is 24.0 Å². The fraction of sp³-hybridized carbons (Fsp3) is 0.571. The van der Waals surface area contributed by atoms with E-state index in [0.717, 1.165) is 18.0 Å².